The van der Waals surface area contributed by atoms with Crippen LogP contribution in [-0.2, 0) is 17.5 Å². The van der Waals surface area contributed by atoms with E-state index in [9.17, 15) is 18.3 Å². The van der Waals surface area contributed by atoms with Crippen molar-refractivity contribution in [3.63, 3.8) is 0 Å². The molecule has 1 unspecified atom stereocenters. The molecule has 1 nitrogen and oxygen atoms in total. The fourth-order valence-corrected chi connectivity index (χ4v) is 4.51. The fraction of sp³-hybridized carbons (Fsp3) is 0.143. The normalized spacial score (nSPS) is 19.4. The molecule has 0 radical (unpaired) electrons. The van der Waals surface area contributed by atoms with E-state index in [1.165, 1.54) is 12.1 Å². The average Bonchev–Trinajstić information content (AvgIpc) is 2.78. The van der Waals surface area contributed by atoms with Gasteiger partial charge >= 0.3 is 6.18 Å². The molecule has 1 N–H and O–H groups in total. The lowest BCUT2D eigenvalue weighted by Gasteiger charge is -2.31. The summed E-state index contributed by atoms with van der Waals surface area (Å²) in [5, 5.41) is 11.8. The van der Waals surface area contributed by atoms with Crippen LogP contribution in [-0.4, -0.2) is 5.11 Å². The maximum atomic E-state index is 12.9. The average molecular weight is 372 g/mol. The van der Waals surface area contributed by atoms with Gasteiger partial charge in [-0.2, -0.15) is 13.2 Å². The Kier molecular flexibility index (Phi) is 4.09. The first kappa shape index (κ1) is 17.2. The summed E-state index contributed by atoms with van der Waals surface area (Å²) in [6.07, 6.45) is -4.41. The quantitative estimate of drug-likeness (QED) is 0.600. The van der Waals surface area contributed by atoms with E-state index < -0.39 is 17.3 Å². The zero-order valence-corrected chi connectivity index (χ0v) is 14.4. The lowest BCUT2D eigenvalue weighted by atomic mass is 9.78. The van der Waals surface area contributed by atoms with Crippen molar-refractivity contribution in [2.75, 3.05) is 0 Å². The number of halogens is 3. The van der Waals surface area contributed by atoms with Crippen molar-refractivity contribution in [2.45, 2.75) is 22.4 Å². The number of benzene rings is 3. The molecule has 0 saturated carbocycles. The van der Waals surface area contributed by atoms with Crippen LogP contribution < -0.4 is 0 Å². The van der Waals surface area contributed by atoms with E-state index in [1.807, 2.05) is 48.5 Å². The Bertz CT molecular complexity index is 900. The lowest BCUT2D eigenvalue weighted by Crippen LogP contribution is -2.30. The third-order valence-corrected chi connectivity index (χ3v) is 5.82. The second-order valence-corrected chi connectivity index (χ2v) is 7.24. The molecule has 3 aromatic carbocycles. The molecule has 132 valence electrons. The number of aliphatic hydroxyl groups is 1. The molecule has 5 heteroatoms. The van der Waals surface area contributed by atoms with Gasteiger partial charge in [-0.25, -0.2) is 0 Å². The Morgan fingerprint density at radius 3 is 2.12 bits per heavy atom. The highest BCUT2D eigenvalue weighted by atomic mass is 32.2. The van der Waals surface area contributed by atoms with Crippen LogP contribution in [0.4, 0.5) is 13.2 Å². The second kappa shape index (κ2) is 6.18. The fourth-order valence-electron chi connectivity index (χ4n) is 3.40. The summed E-state index contributed by atoms with van der Waals surface area (Å²) in [7, 11) is 0. The topological polar surface area (TPSA) is 20.2 Å². The van der Waals surface area contributed by atoms with Gasteiger partial charge in [0.2, 0.25) is 0 Å². The van der Waals surface area contributed by atoms with E-state index in [1.54, 1.807) is 11.8 Å². The van der Waals surface area contributed by atoms with E-state index in [2.05, 4.69) is 0 Å². The van der Waals surface area contributed by atoms with Crippen LogP contribution in [0.5, 0.6) is 0 Å². The highest BCUT2D eigenvalue weighted by molar-refractivity contribution is 7.98. The largest absolute Gasteiger partial charge is 0.416 e. The van der Waals surface area contributed by atoms with Crippen LogP contribution in [0.15, 0.2) is 77.7 Å². The molecule has 4 rings (SSSR count). The third-order valence-electron chi connectivity index (χ3n) is 4.70. The molecule has 0 amide bonds. The molecular formula is C21H15F3OS. The number of fused-ring (bicyclic) bond motifs is 2. The Morgan fingerprint density at radius 2 is 1.42 bits per heavy atom. The Morgan fingerprint density at radius 1 is 0.808 bits per heavy atom. The SMILES string of the molecule is OC1(c2ccc(C(F)(F)F)cc2)c2ccccc2CSc2ccccc21. The first-order valence-corrected chi connectivity index (χ1v) is 9.10. The van der Waals surface area contributed by atoms with Crippen LogP contribution in [0.2, 0.25) is 0 Å². The molecular weight excluding hydrogens is 357 g/mol. The minimum atomic E-state index is -4.41. The number of rotatable bonds is 1. The zero-order valence-electron chi connectivity index (χ0n) is 13.6. The summed E-state index contributed by atoms with van der Waals surface area (Å²) in [6.45, 7) is 0. The molecule has 0 aliphatic carbocycles. The van der Waals surface area contributed by atoms with Gasteiger partial charge in [-0.15, -0.1) is 11.8 Å². The minimum Gasteiger partial charge on any atom is -0.376 e. The van der Waals surface area contributed by atoms with Crippen molar-refractivity contribution in [3.05, 3.63) is 101 Å². The molecule has 3 aromatic rings. The second-order valence-electron chi connectivity index (χ2n) is 6.23. The van der Waals surface area contributed by atoms with Gasteiger partial charge in [0.05, 0.1) is 5.56 Å². The van der Waals surface area contributed by atoms with Gasteiger partial charge in [-0.1, -0.05) is 54.6 Å². The molecule has 1 atom stereocenters. The predicted molar refractivity (Wildman–Crippen MR) is 96.0 cm³/mol. The number of alkyl halides is 3. The van der Waals surface area contributed by atoms with Crippen LogP contribution in [0.25, 0.3) is 0 Å². The van der Waals surface area contributed by atoms with Crippen molar-refractivity contribution >= 4 is 11.8 Å². The Labute approximate surface area is 153 Å². The van der Waals surface area contributed by atoms with Crippen molar-refractivity contribution in [1.29, 1.82) is 0 Å². The van der Waals surface area contributed by atoms with Gasteiger partial charge in [0, 0.05) is 16.2 Å². The minimum absolute atomic E-state index is 0.424. The van der Waals surface area contributed by atoms with Gasteiger partial charge in [0.25, 0.3) is 0 Å². The zero-order chi connectivity index (χ0) is 18.4. The maximum Gasteiger partial charge on any atom is 0.416 e. The highest BCUT2D eigenvalue weighted by Crippen LogP contribution is 2.46. The maximum absolute atomic E-state index is 12.9. The lowest BCUT2D eigenvalue weighted by molar-refractivity contribution is -0.137. The summed E-state index contributed by atoms with van der Waals surface area (Å²) in [5.41, 5.74) is 0.561. The highest BCUT2D eigenvalue weighted by Gasteiger charge is 2.40. The summed E-state index contributed by atoms with van der Waals surface area (Å²) in [4.78, 5) is 0.922. The molecule has 0 spiro atoms. The van der Waals surface area contributed by atoms with Crippen molar-refractivity contribution in [2.24, 2.45) is 0 Å². The summed E-state index contributed by atoms with van der Waals surface area (Å²) < 4.78 is 38.8. The first-order chi connectivity index (χ1) is 12.4. The van der Waals surface area contributed by atoms with Crippen LogP contribution in [0.3, 0.4) is 0 Å². The van der Waals surface area contributed by atoms with E-state index in [0.29, 0.717) is 22.4 Å². The Hall–Kier alpha value is -2.24. The smallest absolute Gasteiger partial charge is 0.376 e. The molecule has 1 heterocycles. The van der Waals surface area contributed by atoms with E-state index >= 15 is 0 Å². The molecule has 1 aliphatic rings. The summed E-state index contributed by atoms with van der Waals surface area (Å²) in [5.74, 6) is 0.691. The van der Waals surface area contributed by atoms with E-state index in [-0.39, 0.29) is 0 Å². The van der Waals surface area contributed by atoms with Crippen molar-refractivity contribution in [1.82, 2.24) is 0 Å². The van der Waals surface area contributed by atoms with E-state index in [0.717, 1.165) is 22.6 Å². The van der Waals surface area contributed by atoms with Crippen LogP contribution in [0, 0.1) is 0 Å². The van der Waals surface area contributed by atoms with Gasteiger partial charge in [-0.05, 0) is 34.9 Å². The Balaban J connectivity index is 1.96. The monoisotopic (exact) mass is 372 g/mol. The predicted octanol–water partition coefficient (Wildman–Crippen LogP) is 5.60. The summed E-state index contributed by atoms with van der Waals surface area (Å²) in [6, 6.07) is 19.8. The van der Waals surface area contributed by atoms with Gasteiger partial charge in [0.15, 0.2) is 0 Å². The van der Waals surface area contributed by atoms with Gasteiger partial charge in [0.1, 0.15) is 5.60 Å². The number of hydrogen-bond donors (Lipinski definition) is 1. The molecule has 0 aromatic heterocycles. The third kappa shape index (κ3) is 2.72. The molecule has 0 fully saturated rings. The first-order valence-electron chi connectivity index (χ1n) is 8.11. The standard InChI is InChI=1S/C21H15F3OS/c22-21(23,24)16-11-9-15(10-12-16)20(25)17-6-2-1-5-14(17)13-26-19-8-4-3-7-18(19)20/h1-12,25H,13H2. The van der Waals surface area contributed by atoms with Gasteiger partial charge in [-0.3, -0.25) is 0 Å². The molecule has 0 saturated heterocycles. The van der Waals surface area contributed by atoms with Crippen LogP contribution in [0.1, 0.15) is 27.8 Å². The number of hydrogen-bond acceptors (Lipinski definition) is 2. The molecule has 26 heavy (non-hydrogen) atoms. The van der Waals surface area contributed by atoms with Gasteiger partial charge < -0.3 is 5.11 Å². The van der Waals surface area contributed by atoms with Crippen molar-refractivity contribution in [3.8, 4) is 0 Å². The molecule has 1 aliphatic heterocycles. The molecule has 0 bridgehead atoms. The van der Waals surface area contributed by atoms with Crippen molar-refractivity contribution < 1.29 is 18.3 Å². The summed E-state index contributed by atoms with van der Waals surface area (Å²) >= 11 is 1.62. The van der Waals surface area contributed by atoms with Crippen LogP contribution >= 0.6 is 11.8 Å². The van der Waals surface area contributed by atoms with E-state index in [4.69, 9.17) is 0 Å². The number of thioether (sulfide) groups is 1.